The molecular weight excluding hydrogens is 587 g/mol. The van der Waals surface area contributed by atoms with Crippen LogP contribution < -0.4 is 14.8 Å². The van der Waals surface area contributed by atoms with Gasteiger partial charge in [-0.15, -0.1) is 0 Å². The Balaban J connectivity index is 1.51. The second-order valence-corrected chi connectivity index (χ2v) is 20.4. The van der Waals surface area contributed by atoms with E-state index in [-0.39, 0.29) is 56.7 Å². The van der Waals surface area contributed by atoms with Crippen molar-refractivity contribution >= 4 is 31.9 Å². The molecule has 5 aliphatic carbocycles. The minimum atomic E-state index is -3.68. The van der Waals surface area contributed by atoms with Crippen LogP contribution in [0, 0.1) is 44.8 Å². The van der Waals surface area contributed by atoms with Gasteiger partial charge in [-0.2, -0.15) is 0 Å². The van der Waals surface area contributed by atoms with E-state index in [4.69, 9.17) is 0 Å². The summed E-state index contributed by atoms with van der Waals surface area (Å²) in [6.07, 6.45) is 11.9. The fourth-order valence-corrected chi connectivity index (χ4v) is 12.6. The number of ketones is 1. The van der Waals surface area contributed by atoms with Crippen LogP contribution in [0.15, 0.2) is 11.6 Å². The molecule has 4 saturated carbocycles. The lowest BCUT2D eigenvalue weighted by Crippen LogP contribution is -2.68. The first-order valence-corrected chi connectivity index (χ1v) is 19.7. The Kier molecular flexibility index (Phi) is 7.48. The molecule has 244 valence electrons. The van der Waals surface area contributed by atoms with Gasteiger partial charge in [0, 0.05) is 17.5 Å². The van der Waals surface area contributed by atoms with Gasteiger partial charge in [0.2, 0.25) is 20.0 Å². The van der Waals surface area contributed by atoms with E-state index in [0.717, 1.165) is 51.2 Å². The number of amides is 2. The van der Waals surface area contributed by atoms with E-state index in [0.29, 0.717) is 12.8 Å². The number of nitrogens with one attached hydrogen (secondary N) is 3. The van der Waals surface area contributed by atoms with Crippen molar-refractivity contribution in [2.24, 2.45) is 44.8 Å². The number of carbonyl (C=O) groups excluding carboxylic acids is 2. The van der Waals surface area contributed by atoms with Crippen LogP contribution in [0.5, 0.6) is 0 Å². The molecule has 4 fully saturated rings. The number of hydrogen-bond acceptors (Lipinski definition) is 6. The third-order valence-electron chi connectivity index (χ3n) is 13.7. The third kappa shape index (κ3) is 5.21. The Morgan fingerprint density at radius 1 is 0.837 bits per heavy atom. The van der Waals surface area contributed by atoms with Crippen molar-refractivity contribution in [3.05, 3.63) is 11.6 Å². The fraction of sp³-hybridized carbons (Fsp3) is 0.875. The van der Waals surface area contributed by atoms with Gasteiger partial charge in [-0.3, -0.25) is 4.79 Å². The molecule has 9 nitrogen and oxygen atoms in total. The number of carbonyl (C=O) groups is 2. The summed E-state index contributed by atoms with van der Waals surface area (Å²) in [5.41, 5.74) is -0.362. The van der Waals surface area contributed by atoms with E-state index in [2.05, 4.69) is 56.3 Å². The van der Waals surface area contributed by atoms with E-state index in [1.54, 1.807) is 0 Å². The normalized spacial score (nSPS) is 45.9. The largest absolute Gasteiger partial charge is 0.332 e. The summed E-state index contributed by atoms with van der Waals surface area (Å²) < 4.78 is 52.9. The van der Waals surface area contributed by atoms with Gasteiger partial charge in [-0.1, -0.05) is 47.1 Å². The van der Waals surface area contributed by atoms with Crippen LogP contribution in [-0.4, -0.2) is 52.7 Å². The van der Waals surface area contributed by atoms with Crippen LogP contribution in [-0.2, 0) is 24.8 Å². The first-order valence-electron chi connectivity index (χ1n) is 15.9. The summed E-state index contributed by atoms with van der Waals surface area (Å²) in [6.45, 7) is 15.7. The first kappa shape index (κ1) is 32.9. The summed E-state index contributed by atoms with van der Waals surface area (Å²) in [5.74, 6) is 0.357. The zero-order chi connectivity index (χ0) is 32.2. The van der Waals surface area contributed by atoms with Gasteiger partial charge in [0.15, 0.2) is 5.78 Å². The molecule has 5 rings (SSSR count). The van der Waals surface area contributed by atoms with Crippen molar-refractivity contribution in [3.8, 4) is 0 Å². The minimum absolute atomic E-state index is 0.00177. The maximum absolute atomic E-state index is 14.6. The van der Waals surface area contributed by atoms with Crippen LogP contribution in [0.3, 0.4) is 0 Å². The molecule has 0 unspecified atom stereocenters. The van der Waals surface area contributed by atoms with Crippen molar-refractivity contribution < 1.29 is 26.4 Å². The quantitative estimate of drug-likeness (QED) is 0.400. The second kappa shape index (κ2) is 9.77. The van der Waals surface area contributed by atoms with E-state index in [1.165, 1.54) is 11.8 Å². The molecule has 0 aromatic carbocycles. The van der Waals surface area contributed by atoms with Gasteiger partial charge in [0.05, 0.1) is 12.5 Å². The summed E-state index contributed by atoms with van der Waals surface area (Å²) >= 11 is 0. The van der Waals surface area contributed by atoms with Gasteiger partial charge >= 0.3 is 6.03 Å². The lowest BCUT2D eigenvalue weighted by atomic mass is 9.33. The minimum Gasteiger partial charge on any atom is -0.332 e. The lowest BCUT2D eigenvalue weighted by Gasteiger charge is -2.70. The Hall–Kier alpha value is -1.46. The topological polar surface area (TPSA) is 139 Å². The van der Waals surface area contributed by atoms with E-state index < -0.39 is 31.6 Å². The molecule has 0 radical (unpaired) electrons. The highest BCUT2D eigenvalue weighted by Gasteiger charge is 2.70. The maximum Gasteiger partial charge on any atom is 0.328 e. The summed E-state index contributed by atoms with van der Waals surface area (Å²) in [6, 6.07) is -0.865. The number of rotatable bonds is 4. The molecule has 9 atom stereocenters. The molecular formula is C32H53N3O6S2. The molecule has 43 heavy (non-hydrogen) atoms. The zero-order valence-electron chi connectivity index (χ0n) is 27.5. The van der Waals surface area contributed by atoms with Gasteiger partial charge in [-0.05, 0) is 110 Å². The lowest BCUT2D eigenvalue weighted by molar-refractivity contribution is -0.187. The van der Waals surface area contributed by atoms with Crippen molar-refractivity contribution in [2.45, 2.75) is 118 Å². The van der Waals surface area contributed by atoms with Crippen molar-refractivity contribution in [1.82, 2.24) is 14.8 Å². The summed E-state index contributed by atoms with van der Waals surface area (Å²) in [5, 5.41) is 2.97. The van der Waals surface area contributed by atoms with Crippen molar-refractivity contribution in [1.29, 1.82) is 0 Å². The van der Waals surface area contributed by atoms with Crippen molar-refractivity contribution in [2.75, 3.05) is 12.5 Å². The average molecular weight is 640 g/mol. The van der Waals surface area contributed by atoms with E-state index >= 15 is 0 Å². The molecule has 0 aromatic rings. The Labute approximate surface area is 259 Å². The number of fused-ring (bicyclic) bond motifs is 7. The van der Waals surface area contributed by atoms with Gasteiger partial charge in [0.1, 0.15) is 0 Å². The molecule has 2 amide bonds. The van der Waals surface area contributed by atoms with Crippen molar-refractivity contribution in [3.63, 3.8) is 0 Å². The highest BCUT2D eigenvalue weighted by Crippen LogP contribution is 2.74. The molecule has 0 spiro atoms. The number of urea groups is 1. The van der Waals surface area contributed by atoms with Crippen LogP contribution >= 0.6 is 0 Å². The zero-order valence-corrected chi connectivity index (χ0v) is 29.1. The van der Waals surface area contributed by atoms with Gasteiger partial charge in [-0.25, -0.2) is 31.1 Å². The number of hydrogen-bond donors (Lipinski definition) is 3. The second-order valence-electron chi connectivity index (χ2n) is 16.9. The van der Waals surface area contributed by atoms with Crippen LogP contribution in [0.2, 0.25) is 0 Å². The highest BCUT2D eigenvalue weighted by atomic mass is 32.2. The molecule has 0 bridgehead atoms. The molecule has 0 aliphatic heterocycles. The standard InChI is InChI=1S/C32H53N3O6S2/c1-27(2)23-10-13-32(7)25(30(23,5)12-11-24(27)34-42(8,38)39)22(36)18-20-21-19-29(4,33-26(37)35-43(9,40)41)16-14-28(21,3)15-17-31(20,32)6/h18,21,23-25,34H,10-17,19H2,1-9H3,(H2,33,35,37)/t21-,23-,24-,25+,28+,29-,30-,31+,32+/m0/s1. The Morgan fingerprint density at radius 2 is 1.47 bits per heavy atom. The first-order chi connectivity index (χ1) is 19.4. The van der Waals surface area contributed by atoms with Crippen LogP contribution in [0.25, 0.3) is 0 Å². The molecule has 0 heterocycles. The monoisotopic (exact) mass is 639 g/mol. The molecule has 3 N–H and O–H groups in total. The third-order valence-corrected chi connectivity index (χ3v) is 14.9. The Bertz CT molecular complexity index is 1470. The summed E-state index contributed by atoms with van der Waals surface area (Å²) in [7, 11) is -7.04. The fourth-order valence-electron chi connectivity index (χ4n) is 11.2. The predicted octanol–water partition coefficient (Wildman–Crippen LogP) is 4.90. The van der Waals surface area contributed by atoms with Gasteiger partial charge < -0.3 is 5.32 Å². The average Bonchev–Trinajstić information content (AvgIpc) is 2.81. The van der Waals surface area contributed by atoms with Crippen LogP contribution in [0.1, 0.15) is 106 Å². The van der Waals surface area contributed by atoms with E-state index in [9.17, 15) is 26.4 Å². The molecule has 11 heteroatoms. The van der Waals surface area contributed by atoms with E-state index in [1.807, 2.05) is 13.0 Å². The predicted molar refractivity (Wildman–Crippen MR) is 168 cm³/mol. The maximum atomic E-state index is 14.6. The van der Waals surface area contributed by atoms with Crippen LogP contribution in [0.4, 0.5) is 4.79 Å². The summed E-state index contributed by atoms with van der Waals surface area (Å²) in [4.78, 5) is 27.2. The molecule has 0 saturated heterocycles. The number of sulfonamides is 2. The number of allylic oxidation sites excluding steroid dienone is 2. The molecule has 5 aliphatic rings. The Morgan fingerprint density at radius 3 is 2.07 bits per heavy atom. The van der Waals surface area contributed by atoms with Gasteiger partial charge in [0.25, 0.3) is 0 Å². The molecule has 0 aromatic heterocycles. The SMILES string of the molecule is CC1(C)[C@@H](NS(C)(=O)=O)CC[C@]2(C)[C@H]3C(=O)C=C4[C@@H]5C[C@@](C)(NC(=O)NS(C)(=O)=O)CC[C@]5(C)CC[C@@]4(C)[C@]3(C)CC[C@@H]12. The highest BCUT2D eigenvalue weighted by molar-refractivity contribution is 7.89. The smallest absolute Gasteiger partial charge is 0.328 e.